The first-order chi connectivity index (χ1) is 13.3. The average molecular weight is 438 g/mol. The third kappa shape index (κ3) is 4.48. The predicted octanol–water partition coefficient (Wildman–Crippen LogP) is 7.16. The van der Waals surface area contributed by atoms with E-state index in [0.717, 1.165) is 28.8 Å². The number of rotatable bonds is 7. The normalized spacial score (nSPS) is 11.6. The lowest BCUT2D eigenvalue weighted by Crippen LogP contribution is -2.19. The molecular formula is C22H21Cl3NO2. The van der Waals surface area contributed by atoms with E-state index in [1.807, 2.05) is 30.3 Å². The molecule has 3 rings (SSSR count). The molecule has 3 aromatic rings. The second-order valence-corrected chi connectivity index (χ2v) is 8.23. The number of aromatic nitrogens is 1. The first-order valence-corrected chi connectivity index (χ1v) is 10.2. The van der Waals surface area contributed by atoms with Crippen molar-refractivity contribution >= 4 is 34.8 Å². The Hall–Kier alpha value is -1.68. The fraction of sp³-hybridized carbons (Fsp3) is 0.273. The van der Waals surface area contributed by atoms with Gasteiger partial charge in [-0.2, -0.15) is 0 Å². The molecule has 147 valence electrons. The fourth-order valence-electron chi connectivity index (χ4n) is 2.96. The molecule has 0 aliphatic carbocycles. The van der Waals surface area contributed by atoms with Crippen molar-refractivity contribution in [1.29, 1.82) is 0 Å². The van der Waals surface area contributed by atoms with Gasteiger partial charge in [0.05, 0.1) is 16.7 Å². The molecule has 6 heteroatoms. The second-order valence-electron chi connectivity index (χ2n) is 7.04. The van der Waals surface area contributed by atoms with Crippen LogP contribution in [0, 0.1) is 6.92 Å². The molecule has 0 saturated carbocycles. The third-order valence-electron chi connectivity index (χ3n) is 4.71. The summed E-state index contributed by atoms with van der Waals surface area (Å²) in [7, 11) is 0. The Labute approximate surface area is 180 Å². The van der Waals surface area contributed by atoms with Crippen LogP contribution in [0.15, 0.2) is 47.0 Å². The number of ether oxygens (including phenoxy) is 1. The maximum Gasteiger partial charge on any atom is 0.156 e. The van der Waals surface area contributed by atoms with E-state index < -0.39 is 0 Å². The van der Waals surface area contributed by atoms with Crippen LogP contribution in [0.1, 0.15) is 37.2 Å². The highest BCUT2D eigenvalue weighted by molar-refractivity contribution is 6.37. The summed E-state index contributed by atoms with van der Waals surface area (Å²) in [5, 5.41) is 4.99. The van der Waals surface area contributed by atoms with Crippen LogP contribution in [0.25, 0.3) is 11.3 Å². The minimum atomic E-state index is -0.304. The van der Waals surface area contributed by atoms with Crippen molar-refractivity contribution in [3.8, 4) is 17.0 Å². The number of hydrogen-bond acceptors (Lipinski definition) is 3. The molecular weight excluding hydrogens is 417 g/mol. The molecule has 28 heavy (non-hydrogen) atoms. The zero-order valence-electron chi connectivity index (χ0n) is 15.8. The maximum absolute atomic E-state index is 6.45. The molecule has 0 spiro atoms. The van der Waals surface area contributed by atoms with Gasteiger partial charge >= 0.3 is 0 Å². The molecule has 2 aromatic carbocycles. The summed E-state index contributed by atoms with van der Waals surface area (Å²) in [6.07, 6.45) is 0.731. The van der Waals surface area contributed by atoms with Gasteiger partial charge in [0.2, 0.25) is 0 Å². The molecule has 0 aliphatic rings. The van der Waals surface area contributed by atoms with Crippen LogP contribution >= 0.6 is 34.8 Å². The molecule has 0 bridgehead atoms. The Morgan fingerprint density at radius 3 is 2.21 bits per heavy atom. The summed E-state index contributed by atoms with van der Waals surface area (Å²) in [6.45, 7) is 8.47. The SMILES string of the molecule is [CH2]c1cc(-c2ccc(C(C)(C)c3cc(Cl)c(OCCCCl)c(Cl)c3)cc2)no1. The van der Waals surface area contributed by atoms with E-state index in [2.05, 4.69) is 38.1 Å². The molecule has 0 N–H and O–H groups in total. The standard InChI is InChI=1S/C22H21Cl3NO2/c1-14-11-20(26-28-14)15-5-7-16(8-6-15)22(2,3)17-12-18(24)21(19(25)13-17)27-10-4-9-23/h5-8,11-13H,1,4,9-10H2,2-3H3. The van der Waals surface area contributed by atoms with Gasteiger partial charge < -0.3 is 9.26 Å². The number of hydrogen-bond donors (Lipinski definition) is 0. The van der Waals surface area contributed by atoms with Crippen molar-refractivity contribution in [3.05, 3.63) is 76.3 Å². The maximum atomic E-state index is 6.45. The minimum Gasteiger partial charge on any atom is -0.490 e. The van der Waals surface area contributed by atoms with E-state index in [0.29, 0.717) is 34.0 Å². The van der Waals surface area contributed by atoms with E-state index >= 15 is 0 Å². The Kier molecular flexibility index (Phi) is 6.59. The van der Waals surface area contributed by atoms with Gasteiger partial charge in [-0.05, 0) is 29.7 Å². The lowest BCUT2D eigenvalue weighted by atomic mass is 9.78. The zero-order valence-corrected chi connectivity index (χ0v) is 18.0. The topological polar surface area (TPSA) is 35.3 Å². The number of halogens is 3. The summed E-state index contributed by atoms with van der Waals surface area (Å²) in [6, 6.07) is 13.8. The van der Waals surface area contributed by atoms with E-state index in [4.69, 9.17) is 44.1 Å². The average Bonchev–Trinajstić information content (AvgIpc) is 3.10. The van der Waals surface area contributed by atoms with Crippen LogP contribution in [0.2, 0.25) is 10.0 Å². The van der Waals surface area contributed by atoms with Crippen molar-refractivity contribution in [3.63, 3.8) is 0 Å². The Morgan fingerprint density at radius 2 is 1.68 bits per heavy atom. The second kappa shape index (κ2) is 8.77. The lowest BCUT2D eigenvalue weighted by Gasteiger charge is -2.27. The highest BCUT2D eigenvalue weighted by atomic mass is 35.5. The highest BCUT2D eigenvalue weighted by Crippen LogP contribution is 2.40. The smallest absolute Gasteiger partial charge is 0.156 e. The largest absolute Gasteiger partial charge is 0.490 e. The summed E-state index contributed by atoms with van der Waals surface area (Å²) in [5.41, 5.74) is 3.55. The van der Waals surface area contributed by atoms with Crippen molar-refractivity contribution in [2.75, 3.05) is 12.5 Å². The van der Waals surface area contributed by atoms with Gasteiger partial charge in [-0.25, -0.2) is 0 Å². The van der Waals surface area contributed by atoms with Crippen LogP contribution in [-0.2, 0) is 5.41 Å². The first-order valence-electron chi connectivity index (χ1n) is 8.91. The van der Waals surface area contributed by atoms with Gasteiger partial charge in [-0.3, -0.25) is 0 Å². The van der Waals surface area contributed by atoms with Gasteiger partial charge in [0.15, 0.2) is 5.75 Å². The van der Waals surface area contributed by atoms with E-state index in [1.54, 1.807) is 0 Å². The molecule has 0 amide bonds. The molecule has 0 saturated heterocycles. The predicted molar refractivity (Wildman–Crippen MR) is 116 cm³/mol. The Morgan fingerprint density at radius 1 is 1.04 bits per heavy atom. The summed E-state index contributed by atoms with van der Waals surface area (Å²) >= 11 is 18.6. The fourth-order valence-corrected chi connectivity index (χ4v) is 3.67. The van der Waals surface area contributed by atoms with Crippen LogP contribution in [0.5, 0.6) is 5.75 Å². The van der Waals surface area contributed by atoms with Crippen LogP contribution in [0.4, 0.5) is 0 Å². The highest BCUT2D eigenvalue weighted by Gasteiger charge is 2.25. The quantitative estimate of drug-likeness (QED) is 0.290. The molecule has 1 radical (unpaired) electrons. The first kappa shape index (κ1) is 21.0. The Bertz CT molecular complexity index is 926. The van der Waals surface area contributed by atoms with Crippen molar-refractivity contribution < 1.29 is 9.26 Å². The Balaban J connectivity index is 1.87. The van der Waals surface area contributed by atoms with Gasteiger partial charge in [0, 0.05) is 29.8 Å². The van der Waals surface area contributed by atoms with E-state index in [1.165, 1.54) is 0 Å². The molecule has 0 aliphatic heterocycles. The van der Waals surface area contributed by atoms with Crippen LogP contribution in [-0.4, -0.2) is 17.6 Å². The molecule has 3 nitrogen and oxygen atoms in total. The molecule has 1 heterocycles. The minimum absolute atomic E-state index is 0.304. The number of nitrogens with zero attached hydrogens (tertiary/aromatic N) is 1. The lowest BCUT2D eigenvalue weighted by molar-refractivity contribution is 0.318. The molecule has 1 aromatic heterocycles. The van der Waals surface area contributed by atoms with Gasteiger partial charge in [-0.1, -0.05) is 66.5 Å². The van der Waals surface area contributed by atoms with Crippen LogP contribution in [0.3, 0.4) is 0 Å². The van der Waals surface area contributed by atoms with Gasteiger partial charge in [0.1, 0.15) is 11.5 Å². The number of benzene rings is 2. The third-order valence-corrected chi connectivity index (χ3v) is 5.53. The van der Waals surface area contributed by atoms with Gasteiger partial charge in [-0.15, -0.1) is 11.6 Å². The zero-order chi connectivity index (χ0) is 20.3. The summed E-state index contributed by atoms with van der Waals surface area (Å²) in [5.74, 6) is 1.57. The van der Waals surface area contributed by atoms with Crippen molar-refractivity contribution in [1.82, 2.24) is 5.16 Å². The van der Waals surface area contributed by atoms with Crippen molar-refractivity contribution in [2.24, 2.45) is 0 Å². The van der Waals surface area contributed by atoms with E-state index in [-0.39, 0.29) is 5.41 Å². The van der Waals surface area contributed by atoms with Crippen LogP contribution < -0.4 is 4.74 Å². The molecule has 0 unspecified atom stereocenters. The van der Waals surface area contributed by atoms with E-state index in [9.17, 15) is 0 Å². The monoisotopic (exact) mass is 436 g/mol. The van der Waals surface area contributed by atoms with Crippen molar-refractivity contribution in [2.45, 2.75) is 25.7 Å². The van der Waals surface area contributed by atoms with Gasteiger partial charge in [0.25, 0.3) is 0 Å². The summed E-state index contributed by atoms with van der Waals surface area (Å²) < 4.78 is 10.7. The molecule has 0 atom stereocenters. The molecule has 0 fully saturated rings. The number of alkyl halides is 1. The summed E-state index contributed by atoms with van der Waals surface area (Å²) in [4.78, 5) is 0.